The maximum atomic E-state index is 14.1. The van der Waals surface area contributed by atoms with Gasteiger partial charge in [-0.05, 0) is 67.3 Å². The Bertz CT molecular complexity index is 1520. The lowest BCUT2D eigenvalue weighted by Gasteiger charge is -2.29. The second-order valence-electron chi connectivity index (χ2n) is 8.86. The molecule has 0 spiro atoms. The summed E-state index contributed by atoms with van der Waals surface area (Å²) >= 11 is 4.84. The molecule has 1 aliphatic rings. The number of aromatic nitrogens is 3. The molecule has 0 aliphatic carbocycles. The lowest BCUT2D eigenvalue weighted by molar-refractivity contribution is -0.113. The highest BCUT2D eigenvalue weighted by Gasteiger charge is 2.34. The Labute approximate surface area is 227 Å². The molecule has 1 unspecified atom stereocenters. The minimum Gasteiger partial charge on any atom is -0.328 e. The standard InChI is InChI=1S/C28H25BrFN5OS/c1-16-7-6-10-23(17(16)2)32-26(36)24-18(3)31-27-33-28(37-15-20-8-4-5-9-22(20)30)34-35(27)25(24)19-11-13-21(29)14-12-19/h4-14,25H,15H2,1-3H3,(H,32,36)(H,31,33,34). The molecule has 6 nitrogen and oxygen atoms in total. The molecule has 188 valence electrons. The first-order valence-electron chi connectivity index (χ1n) is 11.8. The van der Waals surface area contributed by atoms with Gasteiger partial charge in [0.25, 0.3) is 5.91 Å². The summed E-state index contributed by atoms with van der Waals surface area (Å²) in [7, 11) is 0. The van der Waals surface area contributed by atoms with Crippen molar-refractivity contribution in [3.05, 3.63) is 111 Å². The fourth-order valence-corrected chi connectivity index (χ4v) is 5.35. The van der Waals surface area contributed by atoms with Gasteiger partial charge in [0.2, 0.25) is 11.1 Å². The number of hydrogen-bond acceptors (Lipinski definition) is 5. The van der Waals surface area contributed by atoms with Crippen LogP contribution in [0.1, 0.15) is 35.2 Å². The van der Waals surface area contributed by atoms with Crippen LogP contribution in [-0.4, -0.2) is 20.7 Å². The highest BCUT2D eigenvalue weighted by molar-refractivity contribution is 9.10. The van der Waals surface area contributed by atoms with E-state index in [9.17, 15) is 9.18 Å². The highest BCUT2D eigenvalue weighted by Crippen LogP contribution is 2.37. The number of benzene rings is 3. The summed E-state index contributed by atoms with van der Waals surface area (Å²) in [6.07, 6.45) is 0. The summed E-state index contributed by atoms with van der Waals surface area (Å²) in [6.45, 7) is 5.88. The van der Waals surface area contributed by atoms with Gasteiger partial charge in [0, 0.05) is 21.6 Å². The number of fused-ring (bicyclic) bond motifs is 1. The number of carbonyl (C=O) groups is 1. The number of aryl methyl sites for hydroxylation is 1. The maximum absolute atomic E-state index is 14.1. The molecule has 0 saturated heterocycles. The van der Waals surface area contributed by atoms with Crippen LogP contribution in [0.3, 0.4) is 0 Å². The van der Waals surface area contributed by atoms with Gasteiger partial charge in [0.1, 0.15) is 11.9 Å². The Hall–Kier alpha value is -3.43. The third-order valence-electron chi connectivity index (χ3n) is 6.43. The Kier molecular flexibility index (Phi) is 7.17. The van der Waals surface area contributed by atoms with Crippen molar-refractivity contribution in [3.8, 4) is 0 Å². The van der Waals surface area contributed by atoms with Crippen molar-refractivity contribution in [1.29, 1.82) is 0 Å². The number of nitrogens with one attached hydrogen (secondary N) is 2. The zero-order valence-corrected chi connectivity index (χ0v) is 23.0. The molecule has 1 aliphatic heterocycles. The van der Waals surface area contributed by atoms with Crippen LogP contribution in [0.2, 0.25) is 0 Å². The van der Waals surface area contributed by atoms with Crippen LogP contribution in [0.15, 0.2) is 87.6 Å². The molecule has 0 saturated carbocycles. The van der Waals surface area contributed by atoms with E-state index in [0.29, 0.717) is 33.7 Å². The Morgan fingerprint density at radius 2 is 1.84 bits per heavy atom. The molecule has 3 aromatic carbocycles. The van der Waals surface area contributed by atoms with E-state index in [4.69, 9.17) is 5.10 Å². The largest absolute Gasteiger partial charge is 0.328 e. The normalized spacial score (nSPS) is 14.8. The number of amides is 1. The molecular formula is C28H25BrFN5OS. The maximum Gasteiger partial charge on any atom is 0.255 e. The minimum atomic E-state index is -0.496. The fraction of sp³-hybridized carbons (Fsp3) is 0.179. The van der Waals surface area contributed by atoms with Crippen molar-refractivity contribution in [2.75, 3.05) is 10.6 Å². The minimum absolute atomic E-state index is 0.215. The smallest absolute Gasteiger partial charge is 0.255 e. The second kappa shape index (κ2) is 10.5. The van der Waals surface area contributed by atoms with E-state index in [1.165, 1.54) is 17.8 Å². The van der Waals surface area contributed by atoms with Crippen molar-refractivity contribution < 1.29 is 9.18 Å². The highest BCUT2D eigenvalue weighted by atomic mass is 79.9. The molecule has 0 radical (unpaired) electrons. The van der Waals surface area contributed by atoms with Crippen molar-refractivity contribution in [3.63, 3.8) is 0 Å². The van der Waals surface area contributed by atoms with E-state index >= 15 is 0 Å². The van der Waals surface area contributed by atoms with E-state index in [1.807, 2.05) is 69.3 Å². The van der Waals surface area contributed by atoms with Crippen LogP contribution in [0, 0.1) is 19.7 Å². The van der Waals surface area contributed by atoms with E-state index in [2.05, 4.69) is 31.5 Å². The molecule has 0 fully saturated rings. The second-order valence-corrected chi connectivity index (χ2v) is 10.7. The number of allylic oxidation sites excluding steroid dienone is 1. The van der Waals surface area contributed by atoms with E-state index in [-0.39, 0.29) is 11.7 Å². The van der Waals surface area contributed by atoms with Crippen LogP contribution < -0.4 is 10.6 Å². The fourth-order valence-electron chi connectivity index (χ4n) is 4.27. The Morgan fingerprint density at radius 1 is 1.08 bits per heavy atom. The SMILES string of the molecule is CC1=C(C(=O)Nc2cccc(C)c2C)C(c2ccc(Br)cc2)n2nc(SCc3ccccc3F)nc2N1. The third-order valence-corrected chi connectivity index (χ3v) is 7.85. The molecular weight excluding hydrogens is 553 g/mol. The molecule has 37 heavy (non-hydrogen) atoms. The van der Waals surface area contributed by atoms with Crippen molar-refractivity contribution >= 4 is 45.2 Å². The molecule has 2 heterocycles. The molecule has 1 amide bonds. The van der Waals surface area contributed by atoms with Gasteiger partial charge in [-0.2, -0.15) is 4.98 Å². The number of halogens is 2. The van der Waals surface area contributed by atoms with Gasteiger partial charge in [-0.1, -0.05) is 70.2 Å². The van der Waals surface area contributed by atoms with Crippen molar-refractivity contribution in [1.82, 2.24) is 14.8 Å². The lowest BCUT2D eigenvalue weighted by Crippen LogP contribution is -2.31. The van der Waals surface area contributed by atoms with Gasteiger partial charge in [-0.25, -0.2) is 9.07 Å². The summed E-state index contributed by atoms with van der Waals surface area (Å²) in [5.41, 5.74) is 5.61. The van der Waals surface area contributed by atoms with Crippen molar-refractivity contribution in [2.24, 2.45) is 0 Å². The topological polar surface area (TPSA) is 71.8 Å². The predicted molar refractivity (Wildman–Crippen MR) is 149 cm³/mol. The third kappa shape index (κ3) is 5.19. The van der Waals surface area contributed by atoms with Gasteiger partial charge in [0.05, 0.1) is 5.57 Å². The quantitative estimate of drug-likeness (QED) is 0.241. The zero-order valence-electron chi connectivity index (χ0n) is 20.5. The molecule has 2 N–H and O–H groups in total. The van der Waals surface area contributed by atoms with Gasteiger partial charge in [-0.15, -0.1) is 5.10 Å². The molecule has 1 aromatic heterocycles. The summed E-state index contributed by atoms with van der Waals surface area (Å²) < 4.78 is 16.8. The molecule has 1 atom stereocenters. The number of nitrogens with zero attached hydrogens (tertiary/aromatic N) is 3. The first kappa shape index (κ1) is 25.2. The van der Waals surface area contributed by atoms with Crippen LogP contribution >= 0.6 is 27.7 Å². The predicted octanol–water partition coefficient (Wildman–Crippen LogP) is 7.02. The average molecular weight is 579 g/mol. The number of hydrogen-bond donors (Lipinski definition) is 2. The van der Waals surface area contributed by atoms with E-state index in [0.717, 1.165) is 26.9 Å². The van der Waals surface area contributed by atoms with Crippen LogP contribution in [0.5, 0.6) is 0 Å². The summed E-state index contributed by atoms with van der Waals surface area (Å²) in [4.78, 5) is 18.4. The Morgan fingerprint density at radius 3 is 2.59 bits per heavy atom. The Balaban J connectivity index is 1.50. The van der Waals surface area contributed by atoms with E-state index in [1.54, 1.807) is 16.8 Å². The number of carbonyl (C=O) groups excluding carboxylic acids is 1. The van der Waals surface area contributed by atoms with Crippen LogP contribution in [-0.2, 0) is 10.5 Å². The molecule has 5 rings (SSSR count). The first-order chi connectivity index (χ1) is 17.8. The van der Waals surface area contributed by atoms with Gasteiger partial charge >= 0.3 is 0 Å². The lowest BCUT2D eigenvalue weighted by atomic mass is 9.95. The van der Waals surface area contributed by atoms with Crippen LogP contribution in [0.4, 0.5) is 16.0 Å². The molecule has 4 aromatic rings. The zero-order chi connectivity index (χ0) is 26.1. The monoisotopic (exact) mass is 577 g/mol. The molecule has 9 heteroatoms. The number of rotatable bonds is 6. The van der Waals surface area contributed by atoms with Crippen molar-refractivity contribution in [2.45, 2.75) is 37.7 Å². The van der Waals surface area contributed by atoms with E-state index < -0.39 is 6.04 Å². The van der Waals surface area contributed by atoms with Gasteiger partial charge in [-0.3, -0.25) is 4.79 Å². The number of thioether (sulfide) groups is 1. The first-order valence-corrected chi connectivity index (χ1v) is 13.5. The number of anilines is 2. The van der Waals surface area contributed by atoms with Crippen LogP contribution in [0.25, 0.3) is 0 Å². The average Bonchev–Trinajstić information content (AvgIpc) is 3.28. The van der Waals surface area contributed by atoms with Gasteiger partial charge in [0.15, 0.2) is 0 Å². The summed E-state index contributed by atoms with van der Waals surface area (Å²) in [5.74, 6) is 0.455. The van der Waals surface area contributed by atoms with Gasteiger partial charge < -0.3 is 10.6 Å². The summed E-state index contributed by atoms with van der Waals surface area (Å²) in [5, 5.41) is 11.6. The molecule has 0 bridgehead atoms. The summed E-state index contributed by atoms with van der Waals surface area (Å²) in [6, 6.07) is 19.9.